The zero-order valence-corrected chi connectivity index (χ0v) is 10.2. The summed E-state index contributed by atoms with van der Waals surface area (Å²) in [7, 11) is 0. The van der Waals surface area contributed by atoms with Crippen LogP contribution in [0.4, 0.5) is 0 Å². The SMILES string of the molecule is C=C(Cc1cccc2ccnnc12)C(=O)OCC. The fourth-order valence-electron chi connectivity index (χ4n) is 1.75. The molecule has 4 nitrogen and oxygen atoms in total. The molecular weight excluding hydrogens is 228 g/mol. The van der Waals surface area contributed by atoms with Crippen LogP contribution in [0.5, 0.6) is 0 Å². The van der Waals surface area contributed by atoms with Crippen LogP contribution in [0.1, 0.15) is 12.5 Å². The zero-order valence-electron chi connectivity index (χ0n) is 10.2. The van der Waals surface area contributed by atoms with E-state index >= 15 is 0 Å². The number of hydrogen-bond acceptors (Lipinski definition) is 4. The number of nitrogens with zero attached hydrogens (tertiary/aromatic N) is 2. The van der Waals surface area contributed by atoms with E-state index in [2.05, 4.69) is 16.8 Å². The van der Waals surface area contributed by atoms with Gasteiger partial charge in [-0.1, -0.05) is 24.8 Å². The van der Waals surface area contributed by atoms with Crippen LogP contribution in [0.15, 0.2) is 42.6 Å². The molecule has 1 aromatic heterocycles. The van der Waals surface area contributed by atoms with Crippen molar-refractivity contribution in [2.75, 3.05) is 6.61 Å². The lowest BCUT2D eigenvalue weighted by molar-refractivity contribution is -0.138. The summed E-state index contributed by atoms with van der Waals surface area (Å²) < 4.78 is 4.91. The Morgan fingerprint density at radius 2 is 2.22 bits per heavy atom. The minimum atomic E-state index is -0.363. The first-order valence-corrected chi connectivity index (χ1v) is 5.76. The summed E-state index contributed by atoms with van der Waals surface area (Å²) in [6.45, 7) is 5.88. The number of fused-ring (bicyclic) bond motifs is 1. The molecule has 0 saturated carbocycles. The minimum absolute atomic E-state index is 0.354. The molecule has 0 bridgehead atoms. The van der Waals surface area contributed by atoms with Crippen molar-refractivity contribution in [1.29, 1.82) is 0 Å². The molecule has 0 fully saturated rings. The van der Waals surface area contributed by atoms with Gasteiger partial charge in [0.2, 0.25) is 0 Å². The summed E-state index contributed by atoms with van der Waals surface area (Å²) in [5.41, 5.74) is 2.15. The molecule has 1 heterocycles. The van der Waals surface area contributed by atoms with Crippen LogP contribution < -0.4 is 0 Å². The molecule has 0 aliphatic carbocycles. The molecule has 2 rings (SSSR count). The van der Waals surface area contributed by atoms with Gasteiger partial charge in [-0.2, -0.15) is 10.2 Å². The number of benzene rings is 1. The second-order valence-corrected chi connectivity index (χ2v) is 3.89. The summed E-state index contributed by atoms with van der Waals surface area (Å²) in [4.78, 5) is 11.5. The maximum Gasteiger partial charge on any atom is 0.333 e. The molecule has 0 N–H and O–H groups in total. The smallest absolute Gasteiger partial charge is 0.333 e. The van der Waals surface area contributed by atoms with Crippen molar-refractivity contribution in [3.63, 3.8) is 0 Å². The Bertz CT molecular complexity index is 588. The maximum atomic E-state index is 11.5. The highest BCUT2D eigenvalue weighted by Gasteiger charge is 2.11. The molecular formula is C14H14N2O2. The molecule has 0 saturated heterocycles. The minimum Gasteiger partial charge on any atom is -0.463 e. The average molecular weight is 242 g/mol. The van der Waals surface area contributed by atoms with Gasteiger partial charge in [0, 0.05) is 17.4 Å². The van der Waals surface area contributed by atoms with Gasteiger partial charge in [-0.3, -0.25) is 0 Å². The highest BCUT2D eigenvalue weighted by molar-refractivity contribution is 5.90. The molecule has 0 unspecified atom stereocenters. The first-order valence-electron chi connectivity index (χ1n) is 5.76. The van der Waals surface area contributed by atoms with E-state index in [1.807, 2.05) is 24.3 Å². The molecule has 0 aliphatic heterocycles. The van der Waals surface area contributed by atoms with Crippen molar-refractivity contribution in [2.24, 2.45) is 0 Å². The Labute approximate surface area is 105 Å². The lowest BCUT2D eigenvalue weighted by atomic mass is 10.0. The van der Waals surface area contributed by atoms with Gasteiger partial charge in [-0.15, -0.1) is 0 Å². The van der Waals surface area contributed by atoms with Crippen LogP contribution in [-0.4, -0.2) is 22.8 Å². The van der Waals surface area contributed by atoms with E-state index in [0.717, 1.165) is 16.5 Å². The number of aromatic nitrogens is 2. The molecule has 2 aromatic rings. The first-order chi connectivity index (χ1) is 8.72. The van der Waals surface area contributed by atoms with E-state index in [0.29, 0.717) is 18.6 Å². The van der Waals surface area contributed by atoms with Crippen LogP contribution in [-0.2, 0) is 16.0 Å². The number of carbonyl (C=O) groups is 1. The summed E-state index contributed by atoms with van der Waals surface area (Å²) >= 11 is 0. The van der Waals surface area contributed by atoms with Crippen LogP contribution in [0.25, 0.3) is 10.9 Å². The van der Waals surface area contributed by atoms with E-state index in [1.54, 1.807) is 13.1 Å². The molecule has 1 aromatic carbocycles. The van der Waals surface area contributed by atoms with Gasteiger partial charge >= 0.3 is 5.97 Å². The number of ether oxygens (including phenoxy) is 1. The molecule has 0 spiro atoms. The van der Waals surface area contributed by atoms with Gasteiger partial charge in [0.25, 0.3) is 0 Å². The third-order valence-corrected chi connectivity index (χ3v) is 2.60. The van der Waals surface area contributed by atoms with Crippen molar-refractivity contribution in [2.45, 2.75) is 13.3 Å². The van der Waals surface area contributed by atoms with Crippen molar-refractivity contribution >= 4 is 16.9 Å². The second-order valence-electron chi connectivity index (χ2n) is 3.89. The Kier molecular flexibility index (Phi) is 3.67. The Morgan fingerprint density at radius 3 is 3.00 bits per heavy atom. The van der Waals surface area contributed by atoms with Gasteiger partial charge in [0.15, 0.2) is 0 Å². The normalized spacial score (nSPS) is 10.3. The number of rotatable bonds is 4. The summed E-state index contributed by atoms with van der Waals surface area (Å²) in [5, 5.41) is 8.96. The summed E-state index contributed by atoms with van der Waals surface area (Å²) in [6.07, 6.45) is 2.07. The first kappa shape index (κ1) is 12.2. The van der Waals surface area contributed by atoms with Crippen molar-refractivity contribution in [1.82, 2.24) is 10.2 Å². The van der Waals surface area contributed by atoms with E-state index in [9.17, 15) is 4.79 Å². The predicted octanol–water partition coefficient (Wildman–Crippen LogP) is 2.29. The number of hydrogen-bond donors (Lipinski definition) is 0. The quantitative estimate of drug-likeness (QED) is 0.609. The van der Waals surface area contributed by atoms with E-state index < -0.39 is 0 Å². The van der Waals surface area contributed by atoms with Crippen molar-refractivity contribution in [3.8, 4) is 0 Å². The molecule has 0 aliphatic rings. The highest BCUT2D eigenvalue weighted by atomic mass is 16.5. The van der Waals surface area contributed by atoms with E-state index in [1.165, 1.54) is 0 Å². The largest absolute Gasteiger partial charge is 0.463 e. The van der Waals surface area contributed by atoms with Crippen LogP contribution in [0.3, 0.4) is 0 Å². The van der Waals surface area contributed by atoms with Gasteiger partial charge in [-0.05, 0) is 18.6 Å². The third kappa shape index (κ3) is 2.53. The molecule has 0 radical (unpaired) electrons. The van der Waals surface area contributed by atoms with Gasteiger partial charge < -0.3 is 4.74 Å². The van der Waals surface area contributed by atoms with E-state index in [4.69, 9.17) is 4.74 Å². The molecule has 0 amide bonds. The standard InChI is InChI=1S/C14H14N2O2/c1-3-18-14(17)10(2)9-12-6-4-5-11-7-8-15-16-13(11)12/h4-8H,2-3,9H2,1H3. The van der Waals surface area contributed by atoms with Gasteiger partial charge in [0.1, 0.15) is 0 Å². The topological polar surface area (TPSA) is 52.1 Å². The Balaban J connectivity index is 2.27. The monoisotopic (exact) mass is 242 g/mol. The second kappa shape index (κ2) is 5.40. The maximum absolute atomic E-state index is 11.5. The fraction of sp³-hybridized carbons (Fsp3) is 0.214. The third-order valence-electron chi connectivity index (χ3n) is 2.60. The summed E-state index contributed by atoms with van der Waals surface area (Å²) in [6, 6.07) is 7.69. The Morgan fingerprint density at radius 1 is 1.39 bits per heavy atom. The van der Waals surface area contributed by atoms with Gasteiger partial charge in [0.05, 0.1) is 18.3 Å². The van der Waals surface area contributed by atoms with E-state index in [-0.39, 0.29) is 5.97 Å². The molecule has 4 heteroatoms. The lowest BCUT2D eigenvalue weighted by Gasteiger charge is -2.07. The van der Waals surface area contributed by atoms with Crippen LogP contribution >= 0.6 is 0 Å². The lowest BCUT2D eigenvalue weighted by Crippen LogP contribution is -2.09. The number of carbonyl (C=O) groups excluding carboxylic acids is 1. The highest BCUT2D eigenvalue weighted by Crippen LogP contribution is 2.18. The molecule has 92 valence electrons. The zero-order chi connectivity index (χ0) is 13.0. The molecule has 18 heavy (non-hydrogen) atoms. The summed E-state index contributed by atoms with van der Waals surface area (Å²) in [5.74, 6) is -0.363. The van der Waals surface area contributed by atoms with Crippen molar-refractivity contribution in [3.05, 3.63) is 48.2 Å². The average Bonchev–Trinajstić information content (AvgIpc) is 2.39. The Hall–Kier alpha value is -2.23. The fourth-order valence-corrected chi connectivity index (χ4v) is 1.75. The number of esters is 1. The van der Waals surface area contributed by atoms with Crippen LogP contribution in [0, 0.1) is 0 Å². The van der Waals surface area contributed by atoms with Crippen LogP contribution in [0.2, 0.25) is 0 Å². The predicted molar refractivity (Wildman–Crippen MR) is 69.0 cm³/mol. The van der Waals surface area contributed by atoms with Gasteiger partial charge in [-0.25, -0.2) is 4.79 Å². The van der Waals surface area contributed by atoms with Crippen molar-refractivity contribution < 1.29 is 9.53 Å². The molecule has 0 atom stereocenters.